The van der Waals surface area contributed by atoms with Crippen LogP contribution in [0.5, 0.6) is 0 Å². The first-order valence-corrected chi connectivity index (χ1v) is 7.66. The highest BCUT2D eigenvalue weighted by atomic mass is 35.5. The molecule has 0 bridgehead atoms. The van der Waals surface area contributed by atoms with Gasteiger partial charge in [-0.05, 0) is 25.1 Å². The molecule has 0 radical (unpaired) electrons. The molecule has 0 aliphatic carbocycles. The second-order valence-electron chi connectivity index (χ2n) is 5.41. The maximum Gasteiger partial charge on any atom is 0.319 e. The van der Waals surface area contributed by atoms with Gasteiger partial charge in [0.05, 0.1) is 17.8 Å². The number of fused-ring (bicyclic) bond motifs is 1. The summed E-state index contributed by atoms with van der Waals surface area (Å²) in [4.78, 5) is 12.2. The first-order chi connectivity index (χ1) is 10.6. The minimum Gasteiger partial charge on any atom is -0.391 e. The van der Waals surface area contributed by atoms with Crippen LogP contribution in [0.2, 0.25) is 5.02 Å². The summed E-state index contributed by atoms with van der Waals surface area (Å²) >= 11 is 6.17. The van der Waals surface area contributed by atoms with Crippen LogP contribution in [0.25, 0.3) is 10.8 Å². The van der Waals surface area contributed by atoms with Crippen molar-refractivity contribution < 1.29 is 9.90 Å². The minimum atomic E-state index is -0.519. The first kappa shape index (κ1) is 15.1. The zero-order valence-corrected chi connectivity index (χ0v) is 12.7. The van der Waals surface area contributed by atoms with Crippen molar-refractivity contribution >= 4 is 34.1 Å². The third kappa shape index (κ3) is 3.16. The van der Waals surface area contributed by atoms with E-state index in [9.17, 15) is 9.90 Å². The predicted molar refractivity (Wildman–Crippen MR) is 88.4 cm³/mol. The number of nitrogens with one attached hydrogen (secondary N) is 3. The number of urea groups is 1. The Hall–Kier alpha value is -1.82. The Kier molecular flexibility index (Phi) is 4.47. The Morgan fingerprint density at radius 1 is 1.23 bits per heavy atom. The summed E-state index contributed by atoms with van der Waals surface area (Å²) in [6, 6.07) is 10.5. The number of hydrogen-bond acceptors (Lipinski definition) is 3. The zero-order valence-electron chi connectivity index (χ0n) is 12.0. The van der Waals surface area contributed by atoms with Gasteiger partial charge >= 0.3 is 6.03 Å². The van der Waals surface area contributed by atoms with Crippen LogP contribution in [0.1, 0.15) is 6.42 Å². The van der Waals surface area contributed by atoms with Gasteiger partial charge in [-0.3, -0.25) is 0 Å². The van der Waals surface area contributed by atoms with Gasteiger partial charge in [0, 0.05) is 22.3 Å². The zero-order chi connectivity index (χ0) is 15.5. The number of piperidine rings is 1. The van der Waals surface area contributed by atoms with Crippen molar-refractivity contribution in [3.63, 3.8) is 0 Å². The predicted octanol–water partition coefficient (Wildman–Crippen LogP) is 2.34. The fourth-order valence-electron chi connectivity index (χ4n) is 2.69. The third-order valence-corrected chi connectivity index (χ3v) is 4.21. The van der Waals surface area contributed by atoms with Gasteiger partial charge in [0.2, 0.25) is 0 Å². The van der Waals surface area contributed by atoms with Crippen LogP contribution in [0.4, 0.5) is 10.5 Å². The molecule has 3 rings (SSSR count). The van der Waals surface area contributed by atoms with Crippen molar-refractivity contribution in [2.75, 3.05) is 18.4 Å². The van der Waals surface area contributed by atoms with E-state index in [2.05, 4.69) is 16.0 Å². The lowest BCUT2D eigenvalue weighted by molar-refractivity contribution is 0.103. The lowest BCUT2D eigenvalue weighted by Crippen LogP contribution is -2.54. The fraction of sp³-hybridized carbons (Fsp3) is 0.312. The molecule has 6 heteroatoms. The molecule has 1 aliphatic rings. The Morgan fingerprint density at radius 2 is 2.00 bits per heavy atom. The van der Waals surface area contributed by atoms with Crippen molar-refractivity contribution in [1.29, 1.82) is 0 Å². The molecule has 1 fully saturated rings. The van der Waals surface area contributed by atoms with Gasteiger partial charge in [-0.2, -0.15) is 0 Å². The van der Waals surface area contributed by atoms with Gasteiger partial charge in [0.25, 0.3) is 0 Å². The molecular formula is C16H18ClN3O2. The summed E-state index contributed by atoms with van der Waals surface area (Å²) in [5.74, 6) is 0. The summed E-state index contributed by atoms with van der Waals surface area (Å²) in [6.07, 6.45) is 0.114. The number of aliphatic hydroxyl groups excluding tert-OH is 1. The molecule has 5 nitrogen and oxygen atoms in total. The monoisotopic (exact) mass is 319 g/mol. The van der Waals surface area contributed by atoms with Crippen LogP contribution in [0, 0.1) is 0 Å². The fourth-order valence-corrected chi connectivity index (χ4v) is 2.92. The largest absolute Gasteiger partial charge is 0.391 e. The minimum absolute atomic E-state index is 0.285. The van der Waals surface area contributed by atoms with Gasteiger partial charge in [0.1, 0.15) is 0 Å². The van der Waals surface area contributed by atoms with Crippen LogP contribution >= 0.6 is 11.6 Å². The molecule has 1 aliphatic heterocycles. The number of benzene rings is 2. The van der Waals surface area contributed by atoms with Crippen molar-refractivity contribution in [3.8, 4) is 0 Å². The normalized spacial score (nSPS) is 21.5. The van der Waals surface area contributed by atoms with E-state index < -0.39 is 6.10 Å². The van der Waals surface area contributed by atoms with Gasteiger partial charge in [0.15, 0.2) is 0 Å². The lowest BCUT2D eigenvalue weighted by atomic mass is 10.0. The maximum atomic E-state index is 12.2. The van der Waals surface area contributed by atoms with E-state index in [1.165, 1.54) is 0 Å². The van der Waals surface area contributed by atoms with Gasteiger partial charge in [-0.1, -0.05) is 35.9 Å². The molecule has 116 valence electrons. The average molecular weight is 320 g/mol. The number of aliphatic hydroxyl groups is 1. The first-order valence-electron chi connectivity index (χ1n) is 7.28. The number of carbonyl (C=O) groups excluding carboxylic acids is 1. The number of halogens is 1. The molecule has 4 N–H and O–H groups in total. The SMILES string of the molecule is O=C(Nc1ccc(Cl)c2ccccc12)N[C@@H]1CNCC[C@H]1O. The number of hydrogen-bond donors (Lipinski definition) is 4. The quantitative estimate of drug-likeness (QED) is 0.686. The van der Waals surface area contributed by atoms with E-state index in [4.69, 9.17) is 11.6 Å². The summed E-state index contributed by atoms with van der Waals surface area (Å²) < 4.78 is 0. The average Bonchev–Trinajstić information content (AvgIpc) is 2.53. The summed E-state index contributed by atoms with van der Waals surface area (Å²) in [6.45, 7) is 1.33. The van der Waals surface area contributed by atoms with Crippen molar-refractivity contribution in [3.05, 3.63) is 41.4 Å². The van der Waals surface area contributed by atoms with Crippen LogP contribution < -0.4 is 16.0 Å². The van der Waals surface area contributed by atoms with Crippen molar-refractivity contribution in [2.45, 2.75) is 18.6 Å². The lowest BCUT2D eigenvalue weighted by Gasteiger charge is -2.29. The van der Waals surface area contributed by atoms with Crippen molar-refractivity contribution in [2.24, 2.45) is 0 Å². The Bertz CT molecular complexity index is 692. The van der Waals surface area contributed by atoms with Crippen LogP contribution in [0.15, 0.2) is 36.4 Å². The van der Waals surface area contributed by atoms with Gasteiger partial charge in [-0.25, -0.2) is 4.79 Å². The highest BCUT2D eigenvalue weighted by Gasteiger charge is 2.24. The molecule has 22 heavy (non-hydrogen) atoms. The topological polar surface area (TPSA) is 73.4 Å². The second-order valence-corrected chi connectivity index (χ2v) is 5.81. The molecule has 0 spiro atoms. The maximum absolute atomic E-state index is 12.2. The van der Waals surface area contributed by atoms with E-state index in [0.717, 1.165) is 17.3 Å². The highest BCUT2D eigenvalue weighted by molar-refractivity contribution is 6.36. The molecule has 2 aromatic carbocycles. The van der Waals surface area contributed by atoms with Crippen LogP contribution in [-0.2, 0) is 0 Å². The molecule has 0 aromatic heterocycles. The molecule has 2 atom stereocenters. The van der Waals surface area contributed by atoms with E-state index in [-0.39, 0.29) is 12.1 Å². The number of anilines is 1. The van der Waals surface area contributed by atoms with Gasteiger partial charge < -0.3 is 21.1 Å². The van der Waals surface area contributed by atoms with Crippen molar-refractivity contribution in [1.82, 2.24) is 10.6 Å². The van der Waals surface area contributed by atoms with Crippen LogP contribution in [-0.4, -0.2) is 36.4 Å². The molecule has 0 saturated carbocycles. The standard InChI is InChI=1S/C16H18ClN3O2/c17-12-5-6-13(11-4-2-1-3-10(11)12)19-16(22)20-14-9-18-8-7-15(14)21/h1-6,14-15,18,21H,7-9H2,(H2,19,20,22)/t14-,15-/m1/s1. The van der Waals surface area contributed by atoms with Gasteiger partial charge in [-0.15, -0.1) is 0 Å². The molecule has 2 amide bonds. The van der Waals surface area contributed by atoms with Crippen LogP contribution in [0.3, 0.4) is 0 Å². The summed E-state index contributed by atoms with van der Waals surface area (Å²) in [7, 11) is 0. The molecule has 1 saturated heterocycles. The number of amides is 2. The smallest absolute Gasteiger partial charge is 0.319 e. The third-order valence-electron chi connectivity index (χ3n) is 3.88. The number of carbonyl (C=O) groups is 1. The summed E-state index contributed by atoms with van der Waals surface area (Å²) in [5, 5.41) is 21.1. The van der Waals surface area contributed by atoms with E-state index in [1.807, 2.05) is 24.3 Å². The second kappa shape index (κ2) is 6.52. The number of rotatable bonds is 2. The molecule has 0 unspecified atom stereocenters. The summed E-state index contributed by atoms with van der Waals surface area (Å²) in [5.41, 5.74) is 0.691. The molecule has 2 aromatic rings. The Morgan fingerprint density at radius 3 is 2.77 bits per heavy atom. The van der Waals surface area contributed by atoms with E-state index >= 15 is 0 Å². The molecule has 1 heterocycles. The Balaban J connectivity index is 1.75. The Labute approximate surface area is 133 Å². The van der Waals surface area contributed by atoms with E-state index in [0.29, 0.717) is 23.7 Å². The van der Waals surface area contributed by atoms with E-state index in [1.54, 1.807) is 12.1 Å². The highest BCUT2D eigenvalue weighted by Crippen LogP contribution is 2.29. The molecular weight excluding hydrogens is 302 g/mol.